The molecule has 0 aromatic heterocycles. The van der Waals surface area contributed by atoms with E-state index in [0.717, 1.165) is 25.7 Å². The fourth-order valence-electron chi connectivity index (χ4n) is 2.23. The van der Waals surface area contributed by atoms with Gasteiger partial charge in [0, 0.05) is 0 Å². The highest BCUT2D eigenvalue weighted by atomic mass is 19.1. The molecule has 4 heteroatoms. The lowest BCUT2D eigenvalue weighted by Crippen LogP contribution is -2.38. The van der Waals surface area contributed by atoms with Crippen molar-refractivity contribution in [2.45, 2.75) is 51.8 Å². The van der Waals surface area contributed by atoms with E-state index in [1.165, 1.54) is 0 Å². The molecule has 0 bridgehead atoms. The van der Waals surface area contributed by atoms with E-state index in [-0.39, 0.29) is 12.5 Å². The van der Waals surface area contributed by atoms with Gasteiger partial charge in [0.2, 0.25) is 6.17 Å². The molecule has 0 aromatic rings. The molecule has 2 unspecified atom stereocenters. The summed E-state index contributed by atoms with van der Waals surface area (Å²) in [6.45, 7) is 3.92. The van der Waals surface area contributed by atoms with Crippen molar-refractivity contribution in [3.8, 4) is 0 Å². The Kier molecular flexibility index (Phi) is 5.19. The first-order chi connectivity index (χ1) is 7.56. The van der Waals surface area contributed by atoms with Crippen LogP contribution < -0.4 is 0 Å². The second-order valence-corrected chi connectivity index (χ2v) is 4.66. The van der Waals surface area contributed by atoms with E-state index >= 15 is 0 Å². The molecule has 0 aliphatic heterocycles. The minimum Gasteiger partial charge on any atom is -0.464 e. The number of aliphatic hydroxyl groups excluding tert-OH is 1. The summed E-state index contributed by atoms with van der Waals surface area (Å²) in [6.07, 6.45) is 0.490. The van der Waals surface area contributed by atoms with Gasteiger partial charge >= 0.3 is 5.97 Å². The molecule has 0 saturated heterocycles. The monoisotopic (exact) mass is 232 g/mol. The van der Waals surface area contributed by atoms with Gasteiger partial charge in [-0.1, -0.05) is 19.8 Å². The van der Waals surface area contributed by atoms with Gasteiger partial charge in [0.05, 0.1) is 12.7 Å². The van der Waals surface area contributed by atoms with Crippen LogP contribution in [0.5, 0.6) is 0 Å². The summed E-state index contributed by atoms with van der Waals surface area (Å²) in [5.74, 6) is -0.395. The normalized spacial score (nSPS) is 29.5. The number of carbonyl (C=O) groups excluding carboxylic acids is 1. The summed E-state index contributed by atoms with van der Waals surface area (Å²) >= 11 is 0. The van der Waals surface area contributed by atoms with Gasteiger partial charge in [-0.3, -0.25) is 0 Å². The number of hydrogen-bond donors (Lipinski definition) is 1. The first-order valence-electron chi connectivity index (χ1n) is 6.05. The van der Waals surface area contributed by atoms with Gasteiger partial charge < -0.3 is 9.84 Å². The molecule has 94 valence electrons. The number of hydrogen-bond acceptors (Lipinski definition) is 3. The molecule has 0 spiro atoms. The highest BCUT2D eigenvalue weighted by molar-refractivity contribution is 5.75. The largest absolute Gasteiger partial charge is 0.464 e. The van der Waals surface area contributed by atoms with Crippen LogP contribution in [0.15, 0.2) is 0 Å². The Morgan fingerprint density at radius 3 is 2.50 bits per heavy atom. The van der Waals surface area contributed by atoms with Crippen molar-refractivity contribution in [2.24, 2.45) is 11.8 Å². The lowest BCUT2D eigenvalue weighted by molar-refractivity contribution is -0.155. The van der Waals surface area contributed by atoms with E-state index < -0.39 is 18.2 Å². The van der Waals surface area contributed by atoms with Crippen LogP contribution in [0.1, 0.15) is 39.5 Å². The number of carbonyl (C=O) groups is 1. The number of rotatable bonds is 4. The molecule has 0 radical (unpaired) electrons. The van der Waals surface area contributed by atoms with E-state index in [1.54, 1.807) is 6.92 Å². The number of halogens is 1. The average molecular weight is 232 g/mol. The van der Waals surface area contributed by atoms with Gasteiger partial charge in [0.1, 0.15) is 0 Å². The smallest absolute Gasteiger partial charge is 0.343 e. The Labute approximate surface area is 96.0 Å². The molecular formula is C12H21FO3. The van der Waals surface area contributed by atoms with Gasteiger partial charge in [0.25, 0.3) is 0 Å². The van der Waals surface area contributed by atoms with E-state index in [9.17, 15) is 14.3 Å². The van der Waals surface area contributed by atoms with Crippen molar-refractivity contribution < 1.29 is 19.0 Å². The molecule has 2 atom stereocenters. The lowest BCUT2D eigenvalue weighted by atomic mass is 9.79. The second kappa shape index (κ2) is 6.18. The fourth-order valence-corrected chi connectivity index (χ4v) is 2.23. The zero-order chi connectivity index (χ0) is 12.1. The summed E-state index contributed by atoms with van der Waals surface area (Å²) < 4.78 is 18.1. The minimum absolute atomic E-state index is 0.101. The van der Waals surface area contributed by atoms with Crippen LogP contribution in [0.25, 0.3) is 0 Å². The summed E-state index contributed by atoms with van der Waals surface area (Å²) in [4.78, 5) is 11.1. The third-order valence-corrected chi connectivity index (χ3v) is 3.36. The number of esters is 1. The Morgan fingerprint density at radius 1 is 1.44 bits per heavy atom. The van der Waals surface area contributed by atoms with Crippen molar-refractivity contribution in [1.82, 2.24) is 0 Å². The van der Waals surface area contributed by atoms with Crippen LogP contribution >= 0.6 is 0 Å². The Bertz CT molecular complexity index is 224. The zero-order valence-electron chi connectivity index (χ0n) is 9.99. The van der Waals surface area contributed by atoms with Gasteiger partial charge in [-0.15, -0.1) is 0 Å². The molecule has 1 rings (SSSR count). The topological polar surface area (TPSA) is 46.5 Å². The van der Waals surface area contributed by atoms with Crippen molar-refractivity contribution in [1.29, 1.82) is 0 Å². The fraction of sp³-hybridized carbons (Fsp3) is 0.917. The molecule has 1 saturated carbocycles. The average Bonchev–Trinajstić information content (AvgIpc) is 2.28. The van der Waals surface area contributed by atoms with E-state index in [4.69, 9.17) is 0 Å². The molecule has 0 aromatic carbocycles. The summed E-state index contributed by atoms with van der Waals surface area (Å²) in [5, 5.41) is 9.75. The molecule has 1 fully saturated rings. The van der Waals surface area contributed by atoms with Gasteiger partial charge in [0.15, 0.2) is 0 Å². The highest BCUT2D eigenvalue weighted by Gasteiger charge is 2.35. The molecular weight excluding hydrogens is 211 g/mol. The lowest BCUT2D eigenvalue weighted by Gasteiger charge is -2.30. The van der Waals surface area contributed by atoms with Crippen molar-refractivity contribution in [3.63, 3.8) is 0 Å². The summed E-state index contributed by atoms with van der Waals surface area (Å²) in [5.41, 5.74) is 0. The van der Waals surface area contributed by atoms with E-state index in [0.29, 0.717) is 5.92 Å². The van der Waals surface area contributed by atoms with Gasteiger partial charge in [-0.05, 0) is 31.6 Å². The molecule has 1 aliphatic carbocycles. The minimum atomic E-state index is -1.89. The Morgan fingerprint density at radius 2 is 2.00 bits per heavy atom. The van der Waals surface area contributed by atoms with Gasteiger partial charge in [-0.2, -0.15) is 0 Å². The van der Waals surface area contributed by atoms with E-state index in [1.807, 2.05) is 0 Å². The number of aliphatic hydroxyl groups is 1. The van der Waals surface area contributed by atoms with Crippen molar-refractivity contribution >= 4 is 5.97 Å². The molecule has 1 N–H and O–H groups in total. The first-order valence-corrected chi connectivity index (χ1v) is 6.05. The van der Waals surface area contributed by atoms with Crippen molar-refractivity contribution in [2.75, 3.05) is 6.61 Å². The van der Waals surface area contributed by atoms with Crippen LogP contribution in [0.3, 0.4) is 0 Å². The quantitative estimate of drug-likeness (QED) is 0.755. The van der Waals surface area contributed by atoms with Crippen LogP contribution in [-0.2, 0) is 9.53 Å². The molecule has 0 heterocycles. The highest BCUT2D eigenvalue weighted by Crippen LogP contribution is 2.32. The SMILES string of the molecule is CCOC(=O)C(F)C(O)C1CCC(C)CC1. The van der Waals surface area contributed by atoms with Crippen LogP contribution in [0.2, 0.25) is 0 Å². The molecule has 0 amide bonds. The Hall–Kier alpha value is -0.640. The van der Waals surface area contributed by atoms with E-state index in [2.05, 4.69) is 11.7 Å². The Balaban J connectivity index is 2.43. The molecule has 3 nitrogen and oxygen atoms in total. The van der Waals surface area contributed by atoms with Crippen LogP contribution in [0, 0.1) is 11.8 Å². The zero-order valence-corrected chi connectivity index (χ0v) is 9.99. The number of ether oxygens (including phenoxy) is 1. The standard InChI is InChI=1S/C12H21FO3/c1-3-16-12(15)10(13)11(14)9-6-4-8(2)5-7-9/h8-11,14H,3-7H2,1-2H3. The second-order valence-electron chi connectivity index (χ2n) is 4.66. The maximum atomic E-state index is 13.5. The maximum Gasteiger partial charge on any atom is 0.343 e. The third kappa shape index (κ3) is 3.44. The molecule has 1 aliphatic rings. The summed E-state index contributed by atoms with van der Waals surface area (Å²) in [6, 6.07) is 0. The van der Waals surface area contributed by atoms with Crippen LogP contribution in [-0.4, -0.2) is 30.0 Å². The predicted molar refractivity (Wildman–Crippen MR) is 58.7 cm³/mol. The molecule has 16 heavy (non-hydrogen) atoms. The number of alkyl halides is 1. The van der Waals surface area contributed by atoms with Crippen LogP contribution in [0.4, 0.5) is 4.39 Å². The third-order valence-electron chi connectivity index (χ3n) is 3.36. The summed E-state index contributed by atoms with van der Waals surface area (Å²) in [7, 11) is 0. The van der Waals surface area contributed by atoms with Gasteiger partial charge in [-0.25, -0.2) is 9.18 Å². The predicted octanol–water partition coefficient (Wildman–Crippen LogP) is 2.07. The first kappa shape index (κ1) is 13.4. The maximum absolute atomic E-state index is 13.5. The van der Waals surface area contributed by atoms with Crippen molar-refractivity contribution in [3.05, 3.63) is 0 Å².